The standard InChI is InChI=1S/C15H22N2O2/c1-10-11(6-5-9-16-2)14-12(18-3)7-8-13(19-4)15(14)17-10/h7-8,16-17H,5-6,9H2,1-4H3. The van der Waals surface area contributed by atoms with Crippen LogP contribution in [0, 0.1) is 6.92 Å². The zero-order chi connectivity index (χ0) is 13.8. The van der Waals surface area contributed by atoms with Crippen molar-refractivity contribution in [1.82, 2.24) is 10.3 Å². The van der Waals surface area contributed by atoms with Gasteiger partial charge in [0.15, 0.2) is 0 Å². The van der Waals surface area contributed by atoms with E-state index in [0.717, 1.165) is 41.8 Å². The predicted molar refractivity (Wildman–Crippen MR) is 78.4 cm³/mol. The summed E-state index contributed by atoms with van der Waals surface area (Å²) in [5.41, 5.74) is 3.54. The number of aryl methyl sites for hydroxylation is 2. The van der Waals surface area contributed by atoms with Gasteiger partial charge in [-0.3, -0.25) is 0 Å². The second-order valence-electron chi connectivity index (χ2n) is 4.66. The summed E-state index contributed by atoms with van der Waals surface area (Å²) in [5.74, 6) is 1.76. The Hall–Kier alpha value is -1.68. The van der Waals surface area contributed by atoms with Crippen LogP contribution in [0.2, 0.25) is 0 Å². The van der Waals surface area contributed by atoms with Crippen LogP contribution in [0.4, 0.5) is 0 Å². The fourth-order valence-corrected chi connectivity index (χ4v) is 2.53. The Morgan fingerprint density at radius 1 is 1.16 bits per heavy atom. The van der Waals surface area contributed by atoms with E-state index in [0.29, 0.717) is 0 Å². The molecular weight excluding hydrogens is 240 g/mol. The summed E-state index contributed by atoms with van der Waals surface area (Å²) in [4.78, 5) is 3.42. The number of aromatic amines is 1. The van der Waals surface area contributed by atoms with E-state index in [2.05, 4.69) is 17.2 Å². The summed E-state index contributed by atoms with van der Waals surface area (Å²) >= 11 is 0. The third-order valence-corrected chi connectivity index (χ3v) is 3.49. The van der Waals surface area contributed by atoms with Gasteiger partial charge in [0.05, 0.1) is 19.7 Å². The van der Waals surface area contributed by atoms with Crippen LogP contribution >= 0.6 is 0 Å². The van der Waals surface area contributed by atoms with Gasteiger partial charge in [0.1, 0.15) is 11.5 Å². The van der Waals surface area contributed by atoms with Crippen molar-refractivity contribution < 1.29 is 9.47 Å². The van der Waals surface area contributed by atoms with Crippen molar-refractivity contribution >= 4 is 10.9 Å². The molecule has 4 heteroatoms. The zero-order valence-corrected chi connectivity index (χ0v) is 12.1. The maximum atomic E-state index is 5.50. The quantitative estimate of drug-likeness (QED) is 0.787. The van der Waals surface area contributed by atoms with E-state index in [1.807, 2.05) is 19.2 Å². The molecule has 0 saturated carbocycles. The fourth-order valence-electron chi connectivity index (χ4n) is 2.53. The molecule has 0 atom stereocenters. The van der Waals surface area contributed by atoms with E-state index in [-0.39, 0.29) is 0 Å². The summed E-state index contributed by atoms with van der Waals surface area (Å²) in [6, 6.07) is 3.91. The first-order chi connectivity index (χ1) is 9.22. The number of hydrogen-bond donors (Lipinski definition) is 2. The molecule has 0 fully saturated rings. The van der Waals surface area contributed by atoms with Crippen molar-refractivity contribution in [2.75, 3.05) is 27.8 Å². The Balaban J connectivity index is 2.52. The molecule has 1 aromatic heterocycles. The largest absolute Gasteiger partial charge is 0.496 e. The van der Waals surface area contributed by atoms with E-state index in [9.17, 15) is 0 Å². The van der Waals surface area contributed by atoms with Crippen molar-refractivity contribution in [3.8, 4) is 11.5 Å². The van der Waals surface area contributed by atoms with Gasteiger partial charge in [-0.2, -0.15) is 0 Å². The Morgan fingerprint density at radius 3 is 2.47 bits per heavy atom. The van der Waals surface area contributed by atoms with Crippen molar-refractivity contribution in [2.24, 2.45) is 0 Å². The predicted octanol–water partition coefficient (Wildman–Crippen LogP) is 2.65. The van der Waals surface area contributed by atoms with Gasteiger partial charge in [0, 0.05) is 11.1 Å². The highest BCUT2D eigenvalue weighted by molar-refractivity contribution is 5.94. The molecule has 0 aliphatic carbocycles. The van der Waals surface area contributed by atoms with E-state index in [1.54, 1.807) is 14.2 Å². The molecule has 4 nitrogen and oxygen atoms in total. The van der Waals surface area contributed by atoms with Crippen LogP contribution in [-0.4, -0.2) is 32.8 Å². The van der Waals surface area contributed by atoms with E-state index in [4.69, 9.17) is 9.47 Å². The molecule has 2 aromatic rings. The van der Waals surface area contributed by atoms with Crippen LogP contribution < -0.4 is 14.8 Å². The Kier molecular flexibility index (Phi) is 4.32. The molecule has 0 radical (unpaired) electrons. The summed E-state index contributed by atoms with van der Waals surface area (Å²) < 4.78 is 10.9. The molecule has 0 bridgehead atoms. The monoisotopic (exact) mass is 262 g/mol. The number of methoxy groups -OCH3 is 2. The molecule has 0 aliphatic rings. The highest BCUT2D eigenvalue weighted by atomic mass is 16.5. The molecule has 1 aromatic carbocycles. The summed E-state index contributed by atoms with van der Waals surface area (Å²) in [7, 11) is 5.38. The first-order valence-corrected chi connectivity index (χ1v) is 6.59. The number of H-pyrrole nitrogens is 1. The maximum Gasteiger partial charge on any atom is 0.143 e. The molecule has 0 amide bonds. The third kappa shape index (κ3) is 2.54. The van der Waals surface area contributed by atoms with Crippen molar-refractivity contribution in [2.45, 2.75) is 19.8 Å². The maximum absolute atomic E-state index is 5.50. The van der Waals surface area contributed by atoms with Crippen LogP contribution in [-0.2, 0) is 6.42 Å². The average Bonchev–Trinajstić information content (AvgIpc) is 2.75. The summed E-state index contributed by atoms with van der Waals surface area (Å²) in [5, 5.41) is 4.33. The highest BCUT2D eigenvalue weighted by Crippen LogP contribution is 2.37. The van der Waals surface area contributed by atoms with Gasteiger partial charge in [0.25, 0.3) is 0 Å². The number of fused-ring (bicyclic) bond motifs is 1. The minimum atomic E-state index is 0.860. The second kappa shape index (κ2) is 5.97. The molecule has 19 heavy (non-hydrogen) atoms. The Morgan fingerprint density at radius 2 is 1.84 bits per heavy atom. The highest BCUT2D eigenvalue weighted by Gasteiger charge is 2.16. The zero-order valence-electron chi connectivity index (χ0n) is 12.1. The average molecular weight is 262 g/mol. The molecule has 2 rings (SSSR count). The molecule has 0 saturated heterocycles. The van der Waals surface area contributed by atoms with Gasteiger partial charge in [-0.15, -0.1) is 0 Å². The topological polar surface area (TPSA) is 46.3 Å². The first-order valence-electron chi connectivity index (χ1n) is 6.59. The molecule has 104 valence electrons. The molecule has 1 heterocycles. The third-order valence-electron chi connectivity index (χ3n) is 3.49. The minimum absolute atomic E-state index is 0.860. The van der Waals surface area contributed by atoms with Gasteiger partial charge in [-0.1, -0.05) is 0 Å². The molecule has 0 unspecified atom stereocenters. The number of aromatic nitrogens is 1. The van der Waals surface area contributed by atoms with Gasteiger partial charge >= 0.3 is 0 Å². The number of hydrogen-bond acceptors (Lipinski definition) is 3. The summed E-state index contributed by atoms with van der Waals surface area (Å²) in [6.07, 6.45) is 2.13. The lowest BCUT2D eigenvalue weighted by molar-refractivity contribution is 0.410. The number of benzene rings is 1. The van der Waals surface area contributed by atoms with Gasteiger partial charge < -0.3 is 19.8 Å². The molecule has 2 N–H and O–H groups in total. The normalized spacial score (nSPS) is 10.9. The first kappa shape index (κ1) is 13.7. The van der Waals surface area contributed by atoms with Crippen LogP contribution in [0.25, 0.3) is 10.9 Å². The van der Waals surface area contributed by atoms with Crippen molar-refractivity contribution in [3.63, 3.8) is 0 Å². The van der Waals surface area contributed by atoms with Gasteiger partial charge in [-0.05, 0) is 51.1 Å². The second-order valence-corrected chi connectivity index (χ2v) is 4.66. The van der Waals surface area contributed by atoms with Crippen LogP contribution in [0.5, 0.6) is 11.5 Å². The van der Waals surface area contributed by atoms with Crippen molar-refractivity contribution in [3.05, 3.63) is 23.4 Å². The van der Waals surface area contributed by atoms with Gasteiger partial charge in [0.2, 0.25) is 0 Å². The molecule has 0 aliphatic heterocycles. The van der Waals surface area contributed by atoms with Crippen molar-refractivity contribution in [1.29, 1.82) is 0 Å². The number of ether oxygens (including phenoxy) is 2. The minimum Gasteiger partial charge on any atom is -0.496 e. The Bertz CT molecular complexity index is 561. The lowest BCUT2D eigenvalue weighted by Gasteiger charge is -2.08. The number of nitrogens with one attached hydrogen (secondary N) is 2. The fraction of sp³-hybridized carbons (Fsp3) is 0.467. The van der Waals surface area contributed by atoms with E-state index >= 15 is 0 Å². The summed E-state index contributed by atoms with van der Waals surface area (Å²) in [6.45, 7) is 3.12. The van der Waals surface area contributed by atoms with E-state index < -0.39 is 0 Å². The number of rotatable bonds is 6. The molecule has 0 spiro atoms. The SMILES string of the molecule is CNCCCc1c(C)[nH]c2c(OC)ccc(OC)c12. The lowest BCUT2D eigenvalue weighted by atomic mass is 10.0. The van der Waals surface area contributed by atoms with Crippen LogP contribution in [0.1, 0.15) is 17.7 Å². The van der Waals surface area contributed by atoms with Crippen LogP contribution in [0.3, 0.4) is 0 Å². The van der Waals surface area contributed by atoms with Crippen LogP contribution in [0.15, 0.2) is 12.1 Å². The smallest absolute Gasteiger partial charge is 0.143 e. The van der Waals surface area contributed by atoms with E-state index in [1.165, 1.54) is 11.3 Å². The lowest BCUT2D eigenvalue weighted by Crippen LogP contribution is -2.08. The Labute approximate surface area is 114 Å². The van der Waals surface area contributed by atoms with Gasteiger partial charge in [-0.25, -0.2) is 0 Å². The molecular formula is C15H22N2O2.